The lowest BCUT2D eigenvalue weighted by Crippen LogP contribution is -2.09. The third-order valence-corrected chi connectivity index (χ3v) is 7.88. The first-order chi connectivity index (χ1) is 10.2. The zero-order valence-electron chi connectivity index (χ0n) is 13.7. The van der Waals surface area contributed by atoms with Crippen molar-refractivity contribution in [1.82, 2.24) is 0 Å². The Hall–Kier alpha value is -0.185. The molecule has 0 aliphatic carbocycles. The Balaban J connectivity index is 0. The number of unbranched alkanes of at least 4 members (excludes halogenated alkanes) is 3. The van der Waals surface area contributed by atoms with Crippen LogP contribution in [0.4, 0.5) is 26.0 Å². The van der Waals surface area contributed by atoms with Crippen molar-refractivity contribution in [1.29, 1.82) is 0 Å². The molecule has 0 amide bonds. The van der Waals surface area contributed by atoms with Gasteiger partial charge >= 0.3 is 7.25 Å². The second kappa shape index (κ2) is 13.3. The molecule has 0 N–H and O–H groups in total. The minimum Gasteiger partial charge on any atom is -0.418 e. The Morgan fingerprint density at radius 3 is 1.27 bits per heavy atom. The summed E-state index contributed by atoms with van der Waals surface area (Å²) in [5.74, 6) is 0. The fraction of sp³-hybridized carbons (Fsp3) is 0.857. The summed E-state index contributed by atoms with van der Waals surface area (Å²) in [4.78, 5) is 0. The van der Waals surface area contributed by atoms with Gasteiger partial charge in [0.25, 0.3) is 5.57 Å². The predicted molar refractivity (Wildman–Crippen MR) is 86.7 cm³/mol. The van der Waals surface area contributed by atoms with E-state index in [9.17, 15) is 26.0 Å². The van der Waals surface area contributed by atoms with Gasteiger partial charge in [0.1, 0.15) is 0 Å². The van der Waals surface area contributed by atoms with E-state index in [1.54, 1.807) is 0 Å². The van der Waals surface area contributed by atoms with Gasteiger partial charge in [0.05, 0.1) is 25.7 Å². The molecule has 0 aromatic carbocycles. The zero-order chi connectivity index (χ0) is 17.6. The van der Waals surface area contributed by atoms with Gasteiger partial charge in [0, 0.05) is 0 Å². The first-order valence-corrected chi connectivity index (χ1v) is 10.2. The first kappa shape index (κ1) is 24.1. The van der Waals surface area contributed by atoms with E-state index in [0.717, 1.165) is 57.0 Å². The third kappa shape index (κ3) is 13.5. The molecule has 0 saturated heterocycles. The second-order valence-corrected chi connectivity index (χ2v) is 9.36. The van der Waals surface area contributed by atoms with E-state index in [0.29, 0.717) is 0 Å². The van der Waals surface area contributed by atoms with Crippen LogP contribution in [0.2, 0.25) is 0 Å². The molecule has 0 unspecified atom stereocenters. The first-order valence-electron chi connectivity index (χ1n) is 7.86. The number of hydrogen-bond acceptors (Lipinski definition) is 0. The molecule has 0 aromatic heterocycles. The van der Waals surface area contributed by atoms with Gasteiger partial charge in [-0.15, -0.1) is 0 Å². The molecular weight excluding hydrogens is 324 g/mol. The quantitative estimate of drug-likeness (QED) is 0.218. The minimum absolute atomic E-state index is 0.245. The van der Waals surface area contributed by atoms with Crippen molar-refractivity contribution in [3.63, 3.8) is 0 Å². The van der Waals surface area contributed by atoms with Crippen molar-refractivity contribution >= 4 is 14.5 Å². The Morgan fingerprint density at radius 2 is 1.09 bits per heavy atom. The number of hydrogen-bond donors (Lipinski definition) is 0. The molecule has 0 saturated carbocycles. The lowest BCUT2D eigenvalue weighted by molar-refractivity contribution is 0.368. The van der Waals surface area contributed by atoms with E-state index in [4.69, 9.17) is 0 Å². The topological polar surface area (TPSA) is 0 Å². The molecule has 0 atom stereocenters. The van der Waals surface area contributed by atoms with E-state index in [1.165, 1.54) is 0 Å². The van der Waals surface area contributed by atoms with Crippen molar-refractivity contribution in [3.05, 3.63) is 11.9 Å². The second-order valence-electron chi connectivity index (χ2n) is 5.30. The summed E-state index contributed by atoms with van der Waals surface area (Å²) in [6.45, 7) is 6.35. The summed E-state index contributed by atoms with van der Waals surface area (Å²) in [5.41, 5.74) is -0.409. The highest BCUT2D eigenvalue weighted by atomic mass is 31.2. The number of halogens is 6. The highest BCUT2D eigenvalue weighted by Gasteiger charge is 2.41. The summed E-state index contributed by atoms with van der Waals surface area (Å²) in [6, 6.07) is 0. The Bertz CT molecular complexity index is 266. The smallest absolute Gasteiger partial charge is 0.418 e. The normalized spacial score (nSPS) is 12.9. The van der Waals surface area contributed by atoms with Crippen LogP contribution >= 0.6 is 7.26 Å². The molecule has 0 bridgehead atoms. The summed E-state index contributed by atoms with van der Waals surface area (Å²) in [7, 11) is -7.82. The monoisotopic (exact) mass is 352 g/mol. The van der Waals surface area contributed by atoms with Gasteiger partial charge in [0.15, 0.2) is 6.33 Å². The fourth-order valence-electron chi connectivity index (χ4n) is 2.14. The van der Waals surface area contributed by atoms with E-state index in [1.807, 2.05) is 0 Å². The molecule has 134 valence electrons. The highest BCUT2D eigenvalue weighted by Crippen LogP contribution is 2.67. The average Bonchev–Trinajstić information content (AvgIpc) is 2.44. The Labute approximate surface area is 131 Å². The van der Waals surface area contributed by atoms with Gasteiger partial charge in [-0.25, -0.2) is 4.39 Å². The van der Waals surface area contributed by atoms with Crippen molar-refractivity contribution in [2.24, 2.45) is 0 Å². The summed E-state index contributed by atoms with van der Waals surface area (Å²) in [5, 5.41) is 0. The molecule has 22 heavy (non-hydrogen) atoms. The summed E-state index contributed by atoms with van der Waals surface area (Å²) < 4.78 is 65.6. The zero-order valence-corrected chi connectivity index (χ0v) is 14.6. The standard InChI is InChI=1S/C14H28F2P.BF4/c1-4-7-10-17(11-8-5-2,12-9-6-3)14(16)13-15;2-1(3,4)5/h13H,4-12H2,1-3H3;/q+1;-1. The van der Waals surface area contributed by atoms with Crippen LogP contribution in [-0.4, -0.2) is 25.7 Å². The third-order valence-electron chi connectivity index (χ3n) is 3.36. The molecule has 0 aromatic rings. The fourth-order valence-corrected chi connectivity index (χ4v) is 6.43. The molecule has 0 rings (SSSR count). The van der Waals surface area contributed by atoms with E-state index >= 15 is 0 Å². The van der Waals surface area contributed by atoms with E-state index < -0.39 is 20.1 Å². The lowest BCUT2D eigenvalue weighted by atomic mass is 10.3. The maximum atomic E-state index is 14.0. The van der Waals surface area contributed by atoms with Gasteiger partial charge in [-0.3, -0.25) is 0 Å². The molecule has 0 radical (unpaired) electrons. The molecule has 0 nitrogen and oxygen atoms in total. The van der Waals surface area contributed by atoms with Crippen LogP contribution in [0, 0.1) is 0 Å². The molecular formula is C14H28BF6P. The van der Waals surface area contributed by atoms with Crippen LogP contribution in [0.15, 0.2) is 11.9 Å². The van der Waals surface area contributed by atoms with Gasteiger partial charge in [-0.2, -0.15) is 4.39 Å². The lowest BCUT2D eigenvalue weighted by Gasteiger charge is -2.24. The van der Waals surface area contributed by atoms with Crippen LogP contribution < -0.4 is 0 Å². The van der Waals surface area contributed by atoms with Crippen molar-refractivity contribution in [3.8, 4) is 0 Å². The van der Waals surface area contributed by atoms with Gasteiger partial charge in [-0.05, 0) is 19.3 Å². The largest absolute Gasteiger partial charge is 0.673 e. The van der Waals surface area contributed by atoms with Crippen LogP contribution in [-0.2, 0) is 0 Å². The molecule has 0 aliphatic heterocycles. The molecule has 0 aliphatic rings. The maximum absolute atomic E-state index is 14.0. The van der Waals surface area contributed by atoms with Crippen LogP contribution in [0.3, 0.4) is 0 Å². The van der Waals surface area contributed by atoms with Crippen molar-refractivity contribution in [2.45, 2.75) is 59.3 Å². The SMILES string of the molecule is CCCC[P+](CCCC)(CCCC)C(F)=CF.F[B-](F)(F)F. The van der Waals surface area contributed by atoms with Crippen molar-refractivity contribution in [2.75, 3.05) is 18.5 Å². The molecule has 8 heteroatoms. The van der Waals surface area contributed by atoms with Crippen LogP contribution in [0.5, 0.6) is 0 Å². The minimum atomic E-state index is -6.00. The summed E-state index contributed by atoms with van der Waals surface area (Å²) >= 11 is 0. The van der Waals surface area contributed by atoms with Gasteiger partial charge in [-0.1, -0.05) is 40.0 Å². The van der Waals surface area contributed by atoms with Crippen LogP contribution in [0.25, 0.3) is 0 Å². The van der Waals surface area contributed by atoms with Crippen molar-refractivity contribution < 1.29 is 26.0 Å². The Morgan fingerprint density at radius 1 is 0.818 bits per heavy atom. The van der Waals surface area contributed by atoms with E-state index in [2.05, 4.69) is 20.8 Å². The molecule has 0 spiro atoms. The molecule has 0 fully saturated rings. The predicted octanol–water partition coefficient (Wildman–Crippen LogP) is 7.44. The molecule has 0 heterocycles. The van der Waals surface area contributed by atoms with Gasteiger partial charge < -0.3 is 17.3 Å². The Kier molecular flexibility index (Phi) is 14.5. The van der Waals surface area contributed by atoms with Crippen LogP contribution in [0.1, 0.15) is 59.3 Å². The van der Waals surface area contributed by atoms with E-state index in [-0.39, 0.29) is 6.33 Å². The number of rotatable bonds is 10. The highest BCUT2D eigenvalue weighted by molar-refractivity contribution is 7.79. The average molecular weight is 352 g/mol. The summed E-state index contributed by atoms with van der Waals surface area (Å²) in [6.07, 6.45) is 9.24. The van der Waals surface area contributed by atoms with Gasteiger partial charge in [0.2, 0.25) is 0 Å². The maximum Gasteiger partial charge on any atom is 0.673 e.